The van der Waals surface area contributed by atoms with Gasteiger partial charge in [-0.3, -0.25) is 9.78 Å². The Hall–Kier alpha value is -1.59. The van der Waals surface area contributed by atoms with Crippen molar-refractivity contribution in [1.82, 2.24) is 14.8 Å². The molecule has 1 N–H and O–H groups in total. The Morgan fingerprint density at radius 2 is 1.74 bits per heavy atom. The molecule has 27 heavy (non-hydrogen) atoms. The van der Waals surface area contributed by atoms with E-state index in [1.807, 2.05) is 0 Å². The Kier molecular flexibility index (Phi) is 7.29. The fraction of sp³-hybridized carbons (Fsp3) is 0.0588. The van der Waals surface area contributed by atoms with Gasteiger partial charge in [0.1, 0.15) is 6.20 Å². The number of hydrogen-bond donors (Lipinski definition) is 1. The van der Waals surface area contributed by atoms with Crippen LogP contribution in [0.2, 0.25) is 15.1 Å². The first-order valence-corrected chi connectivity index (χ1v) is 8.37. The number of nitrogens with zero attached hydrogens (tertiary/aromatic N) is 3. The number of H-pyrrole nitrogens is 1. The average Bonchev–Trinajstić information content (AvgIpc) is 2.61. The van der Waals surface area contributed by atoms with Gasteiger partial charge in [-0.2, -0.15) is 15.0 Å². The van der Waals surface area contributed by atoms with Gasteiger partial charge in [0.2, 0.25) is 0 Å². The van der Waals surface area contributed by atoms with Crippen LogP contribution in [0.3, 0.4) is 0 Å². The van der Waals surface area contributed by atoms with Gasteiger partial charge in [-0.15, -0.1) is 0 Å². The van der Waals surface area contributed by atoms with Gasteiger partial charge in [-0.05, 0) is 29.8 Å². The van der Waals surface area contributed by atoms with Crippen molar-refractivity contribution in [3.8, 4) is 11.8 Å². The molecule has 132 valence electrons. The van der Waals surface area contributed by atoms with Gasteiger partial charge in [0.15, 0.2) is 0 Å². The van der Waals surface area contributed by atoms with Crippen molar-refractivity contribution >= 4 is 64.4 Å². The molecule has 0 saturated carbocycles. The Balaban J connectivity index is 0.00000261. The molecule has 10 heteroatoms. The molecule has 0 spiro atoms. The summed E-state index contributed by atoms with van der Waals surface area (Å²) < 4.78 is 0.930. The van der Waals surface area contributed by atoms with Gasteiger partial charge in [-0.1, -0.05) is 46.9 Å². The van der Waals surface area contributed by atoms with E-state index >= 15 is 0 Å². The molecule has 2 aromatic carbocycles. The standard InChI is InChI=1S/C17H9Cl3N4O2.Na.H/c18-10-3-1-9(2-4-10)11(7-21)15-12(19)5-6-13(16(15)20)24-17(26)23-14(25)8-22-24;;/h1-6,8,11H,(H,23,25,26);;. The van der Waals surface area contributed by atoms with Crippen LogP contribution in [-0.4, -0.2) is 44.3 Å². The Morgan fingerprint density at radius 1 is 1.07 bits per heavy atom. The Morgan fingerprint density at radius 3 is 2.33 bits per heavy atom. The van der Waals surface area contributed by atoms with Gasteiger partial charge in [0.05, 0.1) is 22.7 Å². The van der Waals surface area contributed by atoms with Crippen LogP contribution in [0.4, 0.5) is 0 Å². The molecule has 1 atom stereocenters. The molecule has 6 nitrogen and oxygen atoms in total. The Bertz CT molecular complexity index is 1140. The van der Waals surface area contributed by atoms with Crippen LogP contribution in [0.1, 0.15) is 17.0 Å². The minimum absolute atomic E-state index is 0. The molecule has 0 aliphatic heterocycles. The van der Waals surface area contributed by atoms with E-state index in [-0.39, 0.29) is 45.3 Å². The summed E-state index contributed by atoms with van der Waals surface area (Å²) in [5, 5.41) is 14.3. The summed E-state index contributed by atoms with van der Waals surface area (Å²) in [4.78, 5) is 25.3. The molecule has 3 rings (SSSR count). The van der Waals surface area contributed by atoms with E-state index in [0.29, 0.717) is 16.1 Å². The molecule has 0 amide bonds. The number of benzene rings is 2. The van der Waals surface area contributed by atoms with E-state index in [1.165, 1.54) is 12.1 Å². The molecule has 0 aliphatic rings. The summed E-state index contributed by atoms with van der Waals surface area (Å²) in [7, 11) is 0. The first kappa shape index (κ1) is 21.7. The van der Waals surface area contributed by atoms with Crippen LogP contribution in [0.5, 0.6) is 0 Å². The fourth-order valence-corrected chi connectivity index (χ4v) is 3.27. The molecule has 3 aromatic rings. The quantitative estimate of drug-likeness (QED) is 0.646. The third kappa shape index (κ3) is 4.46. The normalized spacial score (nSPS) is 11.3. The van der Waals surface area contributed by atoms with E-state index < -0.39 is 17.2 Å². The number of hydrogen-bond acceptors (Lipinski definition) is 4. The van der Waals surface area contributed by atoms with Crippen molar-refractivity contribution in [2.75, 3.05) is 0 Å². The number of rotatable bonds is 3. The zero-order chi connectivity index (χ0) is 18.8. The number of aromatic amines is 1. The summed E-state index contributed by atoms with van der Waals surface area (Å²) in [6.45, 7) is 0. The SMILES string of the molecule is N#CC(c1ccc(Cl)cc1)c1c(Cl)ccc(-n2ncc(=O)[nH]c2=O)c1Cl.[NaH]. The van der Waals surface area contributed by atoms with Crippen molar-refractivity contribution in [3.63, 3.8) is 0 Å². The molecule has 0 bridgehead atoms. The van der Waals surface area contributed by atoms with Crippen LogP contribution >= 0.6 is 34.8 Å². The van der Waals surface area contributed by atoms with Gasteiger partial charge in [0, 0.05) is 15.6 Å². The maximum atomic E-state index is 12.0. The van der Waals surface area contributed by atoms with Crippen molar-refractivity contribution < 1.29 is 0 Å². The summed E-state index contributed by atoms with van der Waals surface area (Å²) in [6, 6.07) is 11.9. The van der Waals surface area contributed by atoms with Crippen molar-refractivity contribution in [3.05, 3.63) is 89.6 Å². The van der Waals surface area contributed by atoms with E-state index in [4.69, 9.17) is 34.8 Å². The van der Waals surface area contributed by atoms with Crippen LogP contribution in [-0.2, 0) is 0 Å². The third-order valence-corrected chi connectivity index (χ3v) is 4.65. The Labute approximate surface area is 190 Å². The summed E-state index contributed by atoms with van der Waals surface area (Å²) in [5.41, 5.74) is -0.225. The monoisotopic (exact) mass is 430 g/mol. The minimum atomic E-state index is -0.786. The number of aromatic nitrogens is 3. The van der Waals surface area contributed by atoms with E-state index in [1.54, 1.807) is 24.3 Å². The van der Waals surface area contributed by atoms with Gasteiger partial charge >= 0.3 is 35.2 Å². The molecule has 0 aliphatic carbocycles. The molecular weight excluding hydrogens is 422 g/mol. The van der Waals surface area contributed by atoms with Crippen molar-refractivity contribution in [2.45, 2.75) is 5.92 Å². The van der Waals surface area contributed by atoms with Crippen molar-refractivity contribution in [2.24, 2.45) is 0 Å². The van der Waals surface area contributed by atoms with Crippen LogP contribution < -0.4 is 11.2 Å². The van der Waals surface area contributed by atoms with E-state index in [9.17, 15) is 14.9 Å². The van der Waals surface area contributed by atoms with Gasteiger partial charge in [0.25, 0.3) is 5.56 Å². The van der Waals surface area contributed by atoms with Crippen molar-refractivity contribution in [1.29, 1.82) is 5.26 Å². The average molecular weight is 432 g/mol. The molecule has 0 saturated heterocycles. The predicted molar refractivity (Wildman–Crippen MR) is 107 cm³/mol. The van der Waals surface area contributed by atoms with Gasteiger partial charge in [-0.25, -0.2) is 4.79 Å². The molecule has 1 aromatic heterocycles. The molecule has 1 heterocycles. The number of nitrogens with one attached hydrogen (secondary N) is 1. The second kappa shape index (κ2) is 9.07. The summed E-state index contributed by atoms with van der Waals surface area (Å²) in [5.74, 6) is -0.786. The summed E-state index contributed by atoms with van der Waals surface area (Å²) in [6.07, 6.45) is 0.951. The number of halogens is 3. The second-order valence-corrected chi connectivity index (χ2v) is 6.48. The third-order valence-electron chi connectivity index (χ3n) is 3.67. The predicted octanol–water partition coefficient (Wildman–Crippen LogP) is 2.89. The zero-order valence-corrected chi connectivity index (χ0v) is 15.2. The molecular formula is C17H10Cl3N4NaO2. The van der Waals surface area contributed by atoms with Crippen LogP contribution in [0.15, 0.2) is 52.2 Å². The van der Waals surface area contributed by atoms with Crippen LogP contribution in [0, 0.1) is 11.3 Å². The first-order valence-electron chi connectivity index (χ1n) is 7.24. The molecule has 0 fully saturated rings. The molecule has 0 radical (unpaired) electrons. The zero-order valence-electron chi connectivity index (χ0n) is 12.9. The second-order valence-electron chi connectivity index (χ2n) is 5.26. The van der Waals surface area contributed by atoms with Crippen LogP contribution in [0.25, 0.3) is 5.69 Å². The summed E-state index contributed by atoms with van der Waals surface area (Å²) >= 11 is 18.6. The topological polar surface area (TPSA) is 91.5 Å². The van der Waals surface area contributed by atoms with Gasteiger partial charge < -0.3 is 0 Å². The number of nitriles is 1. The van der Waals surface area contributed by atoms with E-state index in [0.717, 1.165) is 10.9 Å². The van der Waals surface area contributed by atoms with E-state index in [2.05, 4.69) is 16.2 Å². The molecule has 1 unspecified atom stereocenters. The first-order chi connectivity index (χ1) is 12.4. The fourth-order valence-electron chi connectivity index (χ4n) is 2.47. The maximum absolute atomic E-state index is 12.0.